The molecule has 1 atom stereocenters. The van der Waals surface area contributed by atoms with Crippen LogP contribution >= 0.6 is 0 Å². The minimum Gasteiger partial charge on any atom is -0.480 e. The molecule has 0 unspecified atom stereocenters. The van der Waals surface area contributed by atoms with E-state index in [1.165, 1.54) is 4.68 Å². The van der Waals surface area contributed by atoms with Crippen LogP contribution in [-0.2, 0) is 18.3 Å². The van der Waals surface area contributed by atoms with Gasteiger partial charge in [-0.2, -0.15) is 0 Å². The van der Waals surface area contributed by atoms with Gasteiger partial charge in [0.15, 0.2) is 6.10 Å². The molecule has 176 valence electrons. The van der Waals surface area contributed by atoms with Crippen molar-refractivity contribution in [2.75, 3.05) is 10.6 Å². The first-order valence-electron chi connectivity index (χ1n) is 11.2. The third-order valence-corrected chi connectivity index (χ3v) is 6.12. The standard InChI is InChI=1S/C27H24N4O4/c1-17-24(27(34)31(30(17)2)21-12-4-3-5-13-21)29-25(32)19-10-8-11-20(15-19)28-26(33)23-16-18-9-6-7-14-22(18)35-23/h3-15,23H,16H2,1-2H3,(H,28,33)(H,29,32)/t23-/m0/s1. The second kappa shape index (κ2) is 8.98. The van der Waals surface area contributed by atoms with Crippen molar-refractivity contribution < 1.29 is 14.3 Å². The molecule has 1 aliphatic rings. The van der Waals surface area contributed by atoms with Crippen molar-refractivity contribution in [1.82, 2.24) is 9.36 Å². The summed E-state index contributed by atoms with van der Waals surface area (Å²) in [5, 5.41) is 5.56. The Morgan fingerprint density at radius 3 is 2.46 bits per heavy atom. The summed E-state index contributed by atoms with van der Waals surface area (Å²) in [4.78, 5) is 38.8. The number of fused-ring (bicyclic) bond motifs is 1. The van der Waals surface area contributed by atoms with Crippen molar-refractivity contribution >= 4 is 23.2 Å². The number of benzene rings is 3. The van der Waals surface area contributed by atoms with Crippen LogP contribution in [0.3, 0.4) is 0 Å². The number of carbonyl (C=O) groups is 2. The van der Waals surface area contributed by atoms with Gasteiger partial charge in [-0.25, -0.2) is 4.68 Å². The highest BCUT2D eigenvalue weighted by Crippen LogP contribution is 2.28. The number of ether oxygens (including phenoxy) is 1. The molecule has 0 bridgehead atoms. The molecule has 2 heterocycles. The fraction of sp³-hybridized carbons (Fsp3) is 0.148. The summed E-state index contributed by atoms with van der Waals surface area (Å²) in [5.74, 6) is -0.0276. The van der Waals surface area contributed by atoms with E-state index in [9.17, 15) is 14.4 Å². The van der Waals surface area contributed by atoms with Gasteiger partial charge in [-0.05, 0) is 48.9 Å². The van der Waals surface area contributed by atoms with E-state index in [2.05, 4.69) is 10.6 Å². The third-order valence-electron chi connectivity index (χ3n) is 6.12. The molecule has 5 rings (SSSR count). The molecule has 2 amide bonds. The minimum absolute atomic E-state index is 0.202. The Morgan fingerprint density at radius 1 is 0.943 bits per heavy atom. The number of carbonyl (C=O) groups excluding carboxylic acids is 2. The zero-order valence-electron chi connectivity index (χ0n) is 19.3. The van der Waals surface area contributed by atoms with Gasteiger partial charge in [-0.3, -0.25) is 19.1 Å². The quantitative estimate of drug-likeness (QED) is 0.467. The first kappa shape index (κ1) is 22.2. The van der Waals surface area contributed by atoms with E-state index in [4.69, 9.17) is 4.74 Å². The van der Waals surface area contributed by atoms with Gasteiger partial charge in [0.25, 0.3) is 17.4 Å². The molecule has 0 spiro atoms. The van der Waals surface area contributed by atoms with Crippen LogP contribution in [0, 0.1) is 6.92 Å². The summed E-state index contributed by atoms with van der Waals surface area (Å²) in [6.45, 7) is 1.77. The monoisotopic (exact) mass is 468 g/mol. The SMILES string of the molecule is Cc1c(NC(=O)c2cccc(NC(=O)[C@@H]3Cc4ccccc4O3)c2)c(=O)n(-c2ccccc2)n1C. The second-order valence-electron chi connectivity index (χ2n) is 8.38. The third kappa shape index (κ3) is 4.21. The molecular weight excluding hydrogens is 444 g/mol. The van der Waals surface area contributed by atoms with E-state index in [1.54, 1.807) is 42.9 Å². The summed E-state index contributed by atoms with van der Waals surface area (Å²) in [6, 6.07) is 23.3. The Morgan fingerprint density at radius 2 is 1.69 bits per heavy atom. The van der Waals surface area contributed by atoms with Gasteiger partial charge in [0.05, 0.1) is 11.4 Å². The molecule has 4 aromatic rings. The molecule has 8 heteroatoms. The van der Waals surface area contributed by atoms with Crippen LogP contribution < -0.4 is 20.9 Å². The van der Waals surface area contributed by atoms with Gasteiger partial charge in [0.2, 0.25) is 0 Å². The topological polar surface area (TPSA) is 94.4 Å². The average Bonchev–Trinajstić information content (AvgIpc) is 3.40. The van der Waals surface area contributed by atoms with E-state index in [0.29, 0.717) is 34.8 Å². The molecule has 1 aromatic heterocycles. The Kier molecular flexibility index (Phi) is 5.70. The summed E-state index contributed by atoms with van der Waals surface area (Å²) in [5.41, 5.74) is 2.96. The van der Waals surface area contributed by atoms with Gasteiger partial charge in [-0.1, -0.05) is 42.5 Å². The largest absolute Gasteiger partial charge is 0.480 e. The number of anilines is 2. The Bertz CT molecular complexity index is 1460. The van der Waals surface area contributed by atoms with Gasteiger partial charge in [0.1, 0.15) is 11.4 Å². The number of nitrogens with one attached hydrogen (secondary N) is 2. The van der Waals surface area contributed by atoms with Gasteiger partial charge in [0, 0.05) is 24.7 Å². The van der Waals surface area contributed by atoms with Crippen LogP contribution in [0.5, 0.6) is 5.75 Å². The molecule has 0 saturated heterocycles. The van der Waals surface area contributed by atoms with Gasteiger partial charge < -0.3 is 15.4 Å². The fourth-order valence-electron chi connectivity index (χ4n) is 4.19. The number of hydrogen-bond donors (Lipinski definition) is 2. The highest BCUT2D eigenvalue weighted by atomic mass is 16.5. The van der Waals surface area contributed by atoms with Crippen molar-refractivity contribution in [3.63, 3.8) is 0 Å². The number of rotatable bonds is 5. The van der Waals surface area contributed by atoms with Crippen molar-refractivity contribution in [3.05, 3.63) is 106 Å². The molecule has 0 aliphatic carbocycles. The van der Waals surface area contributed by atoms with Crippen LogP contribution in [0.2, 0.25) is 0 Å². The molecule has 0 radical (unpaired) electrons. The lowest BCUT2D eigenvalue weighted by atomic mass is 10.1. The lowest BCUT2D eigenvalue weighted by Crippen LogP contribution is -2.31. The summed E-state index contributed by atoms with van der Waals surface area (Å²) < 4.78 is 8.94. The molecule has 1 aliphatic heterocycles. The maximum absolute atomic E-state index is 13.1. The predicted molar refractivity (Wildman–Crippen MR) is 133 cm³/mol. The second-order valence-corrected chi connectivity index (χ2v) is 8.38. The maximum atomic E-state index is 13.1. The minimum atomic E-state index is -0.631. The molecule has 8 nitrogen and oxygen atoms in total. The van der Waals surface area contributed by atoms with E-state index < -0.39 is 12.0 Å². The fourth-order valence-corrected chi connectivity index (χ4v) is 4.19. The molecule has 0 fully saturated rings. The first-order chi connectivity index (χ1) is 16.9. The Hall–Kier alpha value is -4.59. The van der Waals surface area contributed by atoms with Gasteiger partial charge in [-0.15, -0.1) is 0 Å². The summed E-state index contributed by atoms with van der Waals surface area (Å²) >= 11 is 0. The van der Waals surface area contributed by atoms with Gasteiger partial charge >= 0.3 is 0 Å². The number of hydrogen-bond acceptors (Lipinski definition) is 4. The highest BCUT2D eigenvalue weighted by Gasteiger charge is 2.29. The molecular formula is C27H24N4O4. The molecule has 35 heavy (non-hydrogen) atoms. The summed E-state index contributed by atoms with van der Waals surface area (Å²) in [6.07, 6.45) is -0.142. The first-order valence-corrected chi connectivity index (χ1v) is 11.2. The van der Waals surface area contributed by atoms with Crippen LogP contribution in [-0.4, -0.2) is 27.3 Å². The van der Waals surface area contributed by atoms with E-state index >= 15 is 0 Å². The number of nitrogens with zero attached hydrogens (tertiary/aromatic N) is 2. The molecule has 0 saturated carbocycles. The highest BCUT2D eigenvalue weighted by molar-refractivity contribution is 6.05. The smallest absolute Gasteiger partial charge is 0.295 e. The van der Waals surface area contributed by atoms with Crippen molar-refractivity contribution in [2.24, 2.45) is 7.05 Å². The maximum Gasteiger partial charge on any atom is 0.295 e. The average molecular weight is 469 g/mol. The number of amides is 2. The zero-order chi connectivity index (χ0) is 24.5. The number of para-hydroxylation sites is 2. The molecule has 2 N–H and O–H groups in total. The Labute approximate surface area is 201 Å². The van der Waals surface area contributed by atoms with Crippen LogP contribution in [0.25, 0.3) is 5.69 Å². The van der Waals surface area contributed by atoms with Crippen LogP contribution in [0.15, 0.2) is 83.7 Å². The van der Waals surface area contributed by atoms with Crippen molar-refractivity contribution in [1.29, 1.82) is 0 Å². The zero-order valence-corrected chi connectivity index (χ0v) is 19.3. The van der Waals surface area contributed by atoms with Crippen LogP contribution in [0.4, 0.5) is 11.4 Å². The van der Waals surface area contributed by atoms with E-state index in [0.717, 1.165) is 5.56 Å². The van der Waals surface area contributed by atoms with E-state index in [1.807, 2.05) is 54.6 Å². The number of aromatic nitrogens is 2. The molecule has 3 aromatic carbocycles. The van der Waals surface area contributed by atoms with Crippen molar-refractivity contribution in [2.45, 2.75) is 19.4 Å². The van der Waals surface area contributed by atoms with E-state index in [-0.39, 0.29) is 17.2 Å². The lowest BCUT2D eigenvalue weighted by Gasteiger charge is -2.12. The predicted octanol–water partition coefficient (Wildman–Crippen LogP) is 3.68. The lowest BCUT2D eigenvalue weighted by molar-refractivity contribution is -0.122. The van der Waals surface area contributed by atoms with Crippen LogP contribution in [0.1, 0.15) is 21.6 Å². The summed E-state index contributed by atoms with van der Waals surface area (Å²) in [7, 11) is 1.76. The van der Waals surface area contributed by atoms with Crippen molar-refractivity contribution in [3.8, 4) is 11.4 Å². The Balaban J connectivity index is 1.32. The normalized spacial score (nSPS) is 14.2.